The van der Waals surface area contributed by atoms with Crippen LogP contribution in [0.25, 0.3) is 0 Å². The van der Waals surface area contributed by atoms with E-state index in [2.05, 4.69) is 10.4 Å². The highest BCUT2D eigenvalue weighted by Crippen LogP contribution is 2.26. The highest BCUT2D eigenvalue weighted by atomic mass is 16.5. The Balaban J connectivity index is 1.58. The van der Waals surface area contributed by atoms with Crippen LogP contribution in [0, 0.1) is 0 Å². The number of carbonyl (C=O) groups excluding carboxylic acids is 2. The third-order valence-corrected chi connectivity index (χ3v) is 4.27. The van der Waals surface area contributed by atoms with Gasteiger partial charge in [-0.15, -0.1) is 0 Å². The molecule has 1 aromatic heterocycles. The Labute approximate surface area is 129 Å². The zero-order chi connectivity index (χ0) is 15.7. The van der Waals surface area contributed by atoms with Crippen LogP contribution in [0.1, 0.15) is 39.2 Å². The first kappa shape index (κ1) is 15.0. The molecule has 0 unspecified atom stereocenters. The van der Waals surface area contributed by atoms with Crippen molar-refractivity contribution in [1.82, 2.24) is 14.7 Å². The molecule has 0 bridgehead atoms. The average Bonchev–Trinajstić information content (AvgIpc) is 3.16. The first-order valence-electron chi connectivity index (χ1n) is 7.80. The minimum absolute atomic E-state index is 0.0982. The van der Waals surface area contributed by atoms with Crippen molar-refractivity contribution in [2.24, 2.45) is 0 Å². The van der Waals surface area contributed by atoms with Crippen molar-refractivity contribution < 1.29 is 14.3 Å². The zero-order valence-electron chi connectivity index (χ0n) is 13.0. The molecule has 0 saturated carbocycles. The van der Waals surface area contributed by atoms with E-state index < -0.39 is 0 Å². The fourth-order valence-electron chi connectivity index (χ4n) is 3.13. The monoisotopic (exact) mass is 306 g/mol. The van der Waals surface area contributed by atoms with Crippen molar-refractivity contribution in [1.29, 1.82) is 0 Å². The largest absolute Gasteiger partial charge is 0.365 e. The van der Waals surface area contributed by atoms with Crippen LogP contribution in [-0.4, -0.2) is 51.8 Å². The van der Waals surface area contributed by atoms with Gasteiger partial charge in [0.05, 0.1) is 12.1 Å². The summed E-state index contributed by atoms with van der Waals surface area (Å²) in [5.74, 6) is 0.507. The molecule has 7 nitrogen and oxygen atoms in total. The van der Waals surface area contributed by atoms with E-state index in [4.69, 9.17) is 4.74 Å². The summed E-state index contributed by atoms with van der Waals surface area (Å²) < 4.78 is 7.49. The number of ether oxygens (including phenoxy) is 1. The second-order valence-corrected chi connectivity index (χ2v) is 6.10. The summed E-state index contributed by atoms with van der Waals surface area (Å²) in [5.41, 5.74) is 0. The lowest BCUT2D eigenvalue weighted by Crippen LogP contribution is -2.37. The summed E-state index contributed by atoms with van der Waals surface area (Å²) in [7, 11) is 0. The van der Waals surface area contributed by atoms with E-state index in [0.717, 1.165) is 25.8 Å². The van der Waals surface area contributed by atoms with Crippen molar-refractivity contribution in [3.8, 4) is 0 Å². The standard InChI is InChI=1S/C15H22N4O3/c1-10-3-4-13(22-10)15(21)18-7-5-12(9-18)19-8-6-14(17-19)16-11(2)20/h6,8,10,12-13H,3-5,7,9H2,1-2H3,(H,16,17,20)/t10-,12+,13+/m0/s1. The SMILES string of the molecule is CC(=O)Nc1ccn([C@@H]2CCN(C(=O)[C@H]3CC[C@H](C)O3)C2)n1. The van der Waals surface area contributed by atoms with Crippen LogP contribution in [0.4, 0.5) is 5.82 Å². The highest BCUT2D eigenvalue weighted by molar-refractivity contribution is 5.87. The fraction of sp³-hybridized carbons (Fsp3) is 0.667. The van der Waals surface area contributed by atoms with Gasteiger partial charge >= 0.3 is 0 Å². The minimum atomic E-state index is -0.277. The number of rotatable bonds is 3. The normalized spacial score (nSPS) is 28.1. The van der Waals surface area contributed by atoms with Crippen LogP contribution in [0.5, 0.6) is 0 Å². The maximum absolute atomic E-state index is 12.4. The van der Waals surface area contributed by atoms with Crippen molar-refractivity contribution in [3.05, 3.63) is 12.3 Å². The first-order chi connectivity index (χ1) is 10.5. The first-order valence-corrected chi connectivity index (χ1v) is 7.80. The lowest BCUT2D eigenvalue weighted by atomic mass is 10.2. The number of hydrogen-bond acceptors (Lipinski definition) is 4. The van der Waals surface area contributed by atoms with Crippen LogP contribution < -0.4 is 5.32 Å². The average molecular weight is 306 g/mol. The smallest absolute Gasteiger partial charge is 0.251 e. The third kappa shape index (κ3) is 3.14. The van der Waals surface area contributed by atoms with Gasteiger partial charge in [-0.3, -0.25) is 14.3 Å². The Morgan fingerprint density at radius 2 is 2.18 bits per heavy atom. The molecule has 2 aliphatic heterocycles. The van der Waals surface area contributed by atoms with E-state index in [1.165, 1.54) is 6.92 Å². The molecule has 22 heavy (non-hydrogen) atoms. The molecule has 0 aromatic carbocycles. The molecular weight excluding hydrogens is 284 g/mol. The summed E-state index contributed by atoms with van der Waals surface area (Å²) in [6.07, 6.45) is 4.38. The van der Waals surface area contributed by atoms with Gasteiger partial charge in [0, 0.05) is 32.3 Å². The topological polar surface area (TPSA) is 76.5 Å². The summed E-state index contributed by atoms with van der Waals surface area (Å²) in [4.78, 5) is 25.3. The Hall–Kier alpha value is -1.89. The molecule has 2 saturated heterocycles. The van der Waals surface area contributed by atoms with Crippen molar-refractivity contribution >= 4 is 17.6 Å². The number of hydrogen-bond donors (Lipinski definition) is 1. The molecule has 0 aliphatic carbocycles. The number of likely N-dealkylation sites (tertiary alicyclic amines) is 1. The van der Waals surface area contributed by atoms with E-state index in [1.807, 2.05) is 22.7 Å². The number of amides is 2. The van der Waals surface area contributed by atoms with Gasteiger partial charge in [0.1, 0.15) is 6.10 Å². The Morgan fingerprint density at radius 3 is 2.86 bits per heavy atom. The summed E-state index contributed by atoms with van der Waals surface area (Å²) >= 11 is 0. The van der Waals surface area contributed by atoms with Crippen LogP contribution in [0.15, 0.2) is 12.3 Å². The molecule has 2 amide bonds. The molecule has 3 atom stereocenters. The molecule has 2 fully saturated rings. The predicted octanol–water partition coefficient (Wildman–Crippen LogP) is 1.18. The molecule has 3 heterocycles. The maximum atomic E-state index is 12.4. The van der Waals surface area contributed by atoms with E-state index in [0.29, 0.717) is 12.4 Å². The van der Waals surface area contributed by atoms with Gasteiger partial charge in [-0.1, -0.05) is 0 Å². The van der Waals surface area contributed by atoms with Gasteiger partial charge in [0.15, 0.2) is 5.82 Å². The molecule has 0 spiro atoms. The molecule has 2 aliphatic rings. The second kappa shape index (κ2) is 6.08. The van der Waals surface area contributed by atoms with Gasteiger partial charge in [0.25, 0.3) is 5.91 Å². The van der Waals surface area contributed by atoms with Gasteiger partial charge in [0.2, 0.25) is 5.91 Å². The number of aromatic nitrogens is 2. The van der Waals surface area contributed by atoms with Gasteiger partial charge in [-0.2, -0.15) is 5.10 Å². The van der Waals surface area contributed by atoms with Crippen LogP contribution in [0.2, 0.25) is 0 Å². The zero-order valence-corrected chi connectivity index (χ0v) is 13.0. The van der Waals surface area contributed by atoms with Crippen molar-refractivity contribution in [2.45, 2.75) is 51.4 Å². The van der Waals surface area contributed by atoms with E-state index in [1.54, 1.807) is 6.07 Å². The van der Waals surface area contributed by atoms with Gasteiger partial charge in [-0.05, 0) is 26.2 Å². The quantitative estimate of drug-likeness (QED) is 0.910. The van der Waals surface area contributed by atoms with Crippen molar-refractivity contribution in [3.63, 3.8) is 0 Å². The van der Waals surface area contributed by atoms with Crippen LogP contribution in [-0.2, 0) is 14.3 Å². The molecule has 7 heteroatoms. The number of carbonyl (C=O) groups is 2. The molecule has 3 rings (SSSR count). The second-order valence-electron chi connectivity index (χ2n) is 6.10. The summed E-state index contributed by atoms with van der Waals surface area (Å²) in [5, 5.41) is 7.01. The van der Waals surface area contributed by atoms with Crippen molar-refractivity contribution in [2.75, 3.05) is 18.4 Å². The fourth-order valence-corrected chi connectivity index (χ4v) is 3.13. The minimum Gasteiger partial charge on any atom is -0.365 e. The number of anilines is 1. The molecule has 120 valence electrons. The van der Waals surface area contributed by atoms with E-state index in [9.17, 15) is 9.59 Å². The number of nitrogens with zero attached hydrogens (tertiary/aromatic N) is 3. The molecule has 1 aromatic rings. The van der Waals surface area contributed by atoms with Crippen LogP contribution >= 0.6 is 0 Å². The lowest BCUT2D eigenvalue weighted by Gasteiger charge is -2.20. The molecule has 0 radical (unpaired) electrons. The third-order valence-electron chi connectivity index (χ3n) is 4.27. The van der Waals surface area contributed by atoms with Crippen LogP contribution in [0.3, 0.4) is 0 Å². The van der Waals surface area contributed by atoms with E-state index in [-0.39, 0.29) is 30.1 Å². The Kier molecular flexibility index (Phi) is 4.15. The Morgan fingerprint density at radius 1 is 1.36 bits per heavy atom. The highest BCUT2D eigenvalue weighted by Gasteiger charge is 2.35. The lowest BCUT2D eigenvalue weighted by molar-refractivity contribution is -0.141. The number of nitrogens with one attached hydrogen (secondary N) is 1. The maximum Gasteiger partial charge on any atom is 0.251 e. The van der Waals surface area contributed by atoms with Gasteiger partial charge < -0.3 is 15.0 Å². The van der Waals surface area contributed by atoms with Gasteiger partial charge in [-0.25, -0.2) is 0 Å². The van der Waals surface area contributed by atoms with E-state index >= 15 is 0 Å². The molecular formula is C15H22N4O3. The summed E-state index contributed by atoms with van der Waals surface area (Å²) in [6, 6.07) is 1.93. The summed E-state index contributed by atoms with van der Waals surface area (Å²) in [6.45, 7) is 4.84. The predicted molar refractivity (Wildman–Crippen MR) is 80.3 cm³/mol. The Bertz CT molecular complexity index is 571. The molecule has 1 N–H and O–H groups in total.